The van der Waals surface area contributed by atoms with Crippen molar-refractivity contribution in [2.75, 3.05) is 51.3 Å². The molecule has 0 spiro atoms. The minimum atomic E-state index is -0.190. The number of carbonyl (C=O) groups excluding carboxylic acids is 1. The van der Waals surface area contributed by atoms with Gasteiger partial charge in [0.05, 0.1) is 10.5 Å². The SMILES string of the molecule is COCCCN1C(=O)/C(=C\c2c(N3CCN(Cc4ccccc4)CC3)nc3ccc(C)cn3c2=O)SC1=S. The molecule has 3 aromatic rings. The predicted octanol–water partition coefficient (Wildman–Crippen LogP) is 3.56. The molecule has 0 aliphatic carbocycles. The standard InChI is InChI=1S/C28H31N5O3S2/c1-20-9-10-24-29-25(31-14-12-30(13-15-31)19-21-7-4-3-5-8-21)22(26(34)33(24)18-20)17-23-27(35)32(28(37)38-23)11-6-16-36-2/h3-5,7-10,17-18H,6,11-16,19H2,1-2H3/b23-17+. The summed E-state index contributed by atoms with van der Waals surface area (Å²) in [6.45, 7) is 7.04. The Morgan fingerprint density at radius 1 is 1.08 bits per heavy atom. The molecule has 8 nitrogen and oxygen atoms in total. The number of rotatable bonds is 8. The van der Waals surface area contributed by atoms with E-state index >= 15 is 0 Å². The number of ether oxygens (including phenoxy) is 1. The third kappa shape index (κ3) is 5.68. The van der Waals surface area contributed by atoms with Gasteiger partial charge in [0.15, 0.2) is 0 Å². The highest BCUT2D eigenvalue weighted by Crippen LogP contribution is 2.33. The molecule has 0 saturated carbocycles. The van der Waals surface area contributed by atoms with Crippen LogP contribution in [0.3, 0.4) is 0 Å². The van der Waals surface area contributed by atoms with Crippen LogP contribution in [0.4, 0.5) is 5.82 Å². The summed E-state index contributed by atoms with van der Waals surface area (Å²) in [7, 11) is 1.63. The summed E-state index contributed by atoms with van der Waals surface area (Å²) >= 11 is 6.72. The van der Waals surface area contributed by atoms with E-state index < -0.39 is 0 Å². The number of carbonyl (C=O) groups is 1. The van der Waals surface area contributed by atoms with Gasteiger partial charge in [-0.1, -0.05) is 60.4 Å². The Labute approximate surface area is 231 Å². The number of aromatic nitrogens is 2. The molecule has 4 heterocycles. The van der Waals surface area contributed by atoms with Crippen LogP contribution in [0.15, 0.2) is 58.4 Å². The summed E-state index contributed by atoms with van der Waals surface area (Å²) in [5.41, 5.74) is 3.06. The van der Waals surface area contributed by atoms with Gasteiger partial charge in [-0.25, -0.2) is 4.98 Å². The van der Waals surface area contributed by atoms with Crippen LogP contribution >= 0.6 is 24.0 Å². The molecule has 0 bridgehead atoms. The van der Waals surface area contributed by atoms with Crippen LogP contribution < -0.4 is 10.5 Å². The van der Waals surface area contributed by atoms with Gasteiger partial charge in [-0.2, -0.15) is 0 Å². The predicted molar refractivity (Wildman–Crippen MR) is 157 cm³/mol. The minimum Gasteiger partial charge on any atom is -0.385 e. The van der Waals surface area contributed by atoms with E-state index in [0.717, 1.165) is 38.3 Å². The van der Waals surface area contributed by atoms with Crippen LogP contribution in [-0.4, -0.2) is 75.9 Å². The number of nitrogens with zero attached hydrogens (tertiary/aromatic N) is 5. The van der Waals surface area contributed by atoms with E-state index in [4.69, 9.17) is 21.9 Å². The van der Waals surface area contributed by atoms with Crippen LogP contribution in [0.2, 0.25) is 0 Å². The molecule has 0 unspecified atom stereocenters. The van der Waals surface area contributed by atoms with Gasteiger partial charge in [0.25, 0.3) is 11.5 Å². The number of aryl methyl sites for hydroxylation is 1. The number of thioether (sulfide) groups is 1. The van der Waals surface area contributed by atoms with Crippen molar-refractivity contribution in [3.63, 3.8) is 0 Å². The van der Waals surface area contributed by atoms with Gasteiger partial charge >= 0.3 is 0 Å². The number of amides is 1. The fourth-order valence-electron chi connectivity index (χ4n) is 4.76. The zero-order chi connectivity index (χ0) is 26.6. The molecule has 2 aliphatic rings. The van der Waals surface area contributed by atoms with Crippen molar-refractivity contribution in [1.29, 1.82) is 0 Å². The third-order valence-corrected chi connectivity index (χ3v) is 8.16. The molecule has 198 valence electrons. The first-order valence-electron chi connectivity index (χ1n) is 12.7. The molecule has 2 fully saturated rings. The molecule has 5 rings (SSSR count). The fraction of sp³-hybridized carbons (Fsp3) is 0.357. The second kappa shape index (κ2) is 11.8. The van der Waals surface area contributed by atoms with E-state index in [2.05, 4.69) is 34.1 Å². The molecule has 10 heteroatoms. The zero-order valence-corrected chi connectivity index (χ0v) is 23.3. The number of hydrogen-bond acceptors (Lipinski definition) is 8. The number of pyridine rings is 1. The number of piperazine rings is 1. The van der Waals surface area contributed by atoms with Gasteiger partial charge < -0.3 is 9.64 Å². The number of benzene rings is 1. The normalized spacial score (nSPS) is 17.8. The third-order valence-electron chi connectivity index (χ3n) is 6.79. The van der Waals surface area contributed by atoms with Crippen molar-refractivity contribution in [2.45, 2.75) is 19.9 Å². The van der Waals surface area contributed by atoms with Crippen molar-refractivity contribution in [2.24, 2.45) is 0 Å². The molecule has 1 aromatic carbocycles. The molecule has 38 heavy (non-hydrogen) atoms. The number of methoxy groups -OCH3 is 1. The zero-order valence-electron chi connectivity index (χ0n) is 21.6. The first-order valence-corrected chi connectivity index (χ1v) is 14.0. The van der Waals surface area contributed by atoms with E-state index in [1.807, 2.05) is 25.1 Å². The number of fused-ring (bicyclic) bond motifs is 1. The molecular formula is C28H31N5O3S2. The van der Waals surface area contributed by atoms with Crippen molar-refractivity contribution in [1.82, 2.24) is 19.2 Å². The molecule has 0 N–H and O–H groups in total. The van der Waals surface area contributed by atoms with Crippen molar-refractivity contribution >= 4 is 51.7 Å². The van der Waals surface area contributed by atoms with Gasteiger partial charge in [-0.15, -0.1) is 0 Å². The highest BCUT2D eigenvalue weighted by atomic mass is 32.2. The monoisotopic (exact) mass is 549 g/mol. The molecular weight excluding hydrogens is 518 g/mol. The average molecular weight is 550 g/mol. The Balaban J connectivity index is 1.45. The lowest BCUT2D eigenvalue weighted by Gasteiger charge is -2.36. The highest BCUT2D eigenvalue weighted by molar-refractivity contribution is 8.26. The fourth-order valence-corrected chi connectivity index (χ4v) is 6.05. The Morgan fingerprint density at radius 2 is 1.84 bits per heavy atom. The lowest BCUT2D eigenvalue weighted by atomic mass is 10.2. The molecule has 2 aromatic heterocycles. The molecule has 0 radical (unpaired) electrons. The molecule has 1 amide bonds. The Kier molecular flexibility index (Phi) is 8.23. The number of thiocarbonyl (C=S) groups is 1. The van der Waals surface area contributed by atoms with E-state index in [0.29, 0.717) is 45.8 Å². The first kappa shape index (κ1) is 26.6. The second-order valence-electron chi connectivity index (χ2n) is 9.52. The van der Waals surface area contributed by atoms with Gasteiger partial charge in [-0.3, -0.25) is 23.8 Å². The van der Waals surface area contributed by atoms with E-state index in [1.165, 1.54) is 17.3 Å². The Bertz CT molecular complexity index is 1430. The summed E-state index contributed by atoms with van der Waals surface area (Å²) in [5, 5.41) is 0. The van der Waals surface area contributed by atoms with Crippen LogP contribution in [-0.2, 0) is 16.1 Å². The highest BCUT2D eigenvalue weighted by Gasteiger charge is 2.33. The number of hydrogen-bond donors (Lipinski definition) is 0. The average Bonchev–Trinajstić information content (AvgIpc) is 3.19. The van der Waals surface area contributed by atoms with Crippen molar-refractivity contribution < 1.29 is 9.53 Å². The smallest absolute Gasteiger partial charge is 0.267 e. The van der Waals surface area contributed by atoms with Gasteiger partial charge in [-0.05, 0) is 36.6 Å². The lowest BCUT2D eigenvalue weighted by molar-refractivity contribution is -0.122. The van der Waals surface area contributed by atoms with Crippen LogP contribution in [0.1, 0.15) is 23.1 Å². The summed E-state index contributed by atoms with van der Waals surface area (Å²) < 4.78 is 7.18. The summed E-state index contributed by atoms with van der Waals surface area (Å²) in [4.78, 5) is 38.5. The summed E-state index contributed by atoms with van der Waals surface area (Å²) in [6, 6.07) is 14.3. The van der Waals surface area contributed by atoms with Crippen molar-refractivity contribution in [3.05, 3.63) is 80.6 Å². The first-order chi connectivity index (χ1) is 18.4. The molecule has 2 aliphatic heterocycles. The maximum atomic E-state index is 13.8. The van der Waals surface area contributed by atoms with E-state index in [9.17, 15) is 9.59 Å². The molecule has 2 saturated heterocycles. The van der Waals surface area contributed by atoms with E-state index in [-0.39, 0.29) is 11.5 Å². The maximum absolute atomic E-state index is 13.8. The van der Waals surface area contributed by atoms with Crippen molar-refractivity contribution in [3.8, 4) is 0 Å². The quantitative estimate of drug-likeness (QED) is 0.240. The van der Waals surface area contributed by atoms with Crippen LogP contribution in [0.25, 0.3) is 11.7 Å². The largest absolute Gasteiger partial charge is 0.385 e. The summed E-state index contributed by atoms with van der Waals surface area (Å²) in [6.07, 6.45) is 4.17. The minimum absolute atomic E-state index is 0.177. The second-order valence-corrected chi connectivity index (χ2v) is 11.2. The Morgan fingerprint density at radius 3 is 2.58 bits per heavy atom. The Hall–Kier alpha value is -3.05. The van der Waals surface area contributed by atoms with E-state index in [1.54, 1.807) is 28.7 Å². The van der Waals surface area contributed by atoms with Gasteiger partial charge in [0.2, 0.25) is 0 Å². The summed E-state index contributed by atoms with van der Waals surface area (Å²) in [5.74, 6) is 0.436. The van der Waals surface area contributed by atoms with Crippen LogP contribution in [0, 0.1) is 6.92 Å². The topological polar surface area (TPSA) is 70.4 Å². The van der Waals surface area contributed by atoms with Gasteiger partial charge in [0.1, 0.15) is 15.8 Å². The van der Waals surface area contributed by atoms with Crippen LogP contribution in [0.5, 0.6) is 0 Å². The lowest BCUT2D eigenvalue weighted by Crippen LogP contribution is -2.47. The van der Waals surface area contributed by atoms with Gasteiger partial charge in [0, 0.05) is 59.2 Å². The number of anilines is 1. The molecule has 0 atom stereocenters. The maximum Gasteiger partial charge on any atom is 0.267 e.